The van der Waals surface area contributed by atoms with E-state index in [1.165, 1.54) is 0 Å². The van der Waals surface area contributed by atoms with Crippen LogP contribution >= 0.6 is 23.8 Å². The Kier molecular flexibility index (Phi) is 4.02. The van der Waals surface area contributed by atoms with Gasteiger partial charge in [0.05, 0.1) is 16.3 Å². The zero-order valence-corrected chi connectivity index (χ0v) is 12.3. The van der Waals surface area contributed by atoms with E-state index in [1.807, 2.05) is 38.1 Å². The lowest BCUT2D eigenvalue weighted by atomic mass is 10.1. The van der Waals surface area contributed by atoms with Gasteiger partial charge in [0.2, 0.25) is 0 Å². The number of halogens is 1. The number of nitrogens with one attached hydrogen (secondary N) is 1. The molecule has 3 N–H and O–H groups in total. The smallest absolute Gasteiger partial charge is 0.140 e. The Hall–Kier alpha value is -1.65. The lowest BCUT2D eigenvalue weighted by Gasteiger charge is -2.13. The van der Waals surface area contributed by atoms with E-state index in [2.05, 4.69) is 10.3 Å². The third kappa shape index (κ3) is 3.03. The van der Waals surface area contributed by atoms with Crippen molar-refractivity contribution < 1.29 is 0 Å². The van der Waals surface area contributed by atoms with Crippen LogP contribution in [0.15, 0.2) is 30.5 Å². The summed E-state index contributed by atoms with van der Waals surface area (Å²) in [6, 6.07) is 7.62. The van der Waals surface area contributed by atoms with E-state index in [9.17, 15) is 0 Å². The number of anilines is 2. The molecular weight excluding hydrogens is 278 g/mol. The molecule has 0 radical (unpaired) electrons. The van der Waals surface area contributed by atoms with E-state index in [0.29, 0.717) is 15.8 Å². The highest BCUT2D eigenvalue weighted by Crippen LogP contribution is 2.28. The maximum absolute atomic E-state index is 6.16. The first-order chi connectivity index (χ1) is 8.99. The minimum atomic E-state index is 0.317. The molecule has 2 aromatic rings. The van der Waals surface area contributed by atoms with Crippen molar-refractivity contribution >= 4 is 40.3 Å². The molecule has 0 bridgehead atoms. The van der Waals surface area contributed by atoms with Gasteiger partial charge in [-0.1, -0.05) is 29.9 Å². The van der Waals surface area contributed by atoms with Crippen molar-refractivity contribution in [1.29, 1.82) is 0 Å². The van der Waals surface area contributed by atoms with E-state index in [1.54, 1.807) is 6.20 Å². The Balaban J connectivity index is 2.46. The average Bonchev–Trinajstić information content (AvgIpc) is 2.33. The molecule has 0 aliphatic heterocycles. The second-order valence-electron chi connectivity index (χ2n) is 4.32. The highest BCUT2D eigenvalue weighted by Gasteiger charge is 2.11. The first kappa shape index (κ1) is 13.8. The van der Waals surface area contributed by atoms with Crippen molar-refractivity contribution in [3.05, 3.63) is 52.2 Å². The van der Waals surface area contributed by atoms with Crippen molar-refractivity contribution in [2.24, 2.45) is 5.73 Å². The molecule has 0 amide bonds. The monoisotopic (exact) mass is 291 g/mol. The third-order valence-electron chi connectivity index (χ3n) is 2.78. The molecule has 1 aromatic carbocycles. The van der Waals surface area contributed by atoms with Crippen LogP contribution in [0.25, 0.3) is 0 Å². The number of rotatable bonds is 3. The van der Waals surface area contributed by atoms with E-state index < -0.39 is 0 Å². The van der Waals surface area contributed by atoms with Gasteiger partial charge in [0.15, 0.2) is 0 Å². The topological polar surface area (TPSA) is 50.9 Å². The van der Waals surface area contributed by atoms with Crippen LogP contribution in [0.4, 0.5) is 11.5 Å². The predicted octanol–water partition coefficient (Wildman–Crippen LogP) is 3.73. The lowest BCUT2D eigenvalue weighted by Crippen LogP contribution is -2.14. The maximum Gasteiger partial charge on any atom is 0.140 e. The van der Waals surface area contributed by atoms with Crippen LogP contribution in [0, 0.1) is 13.8 Å². The number of benzene rings is 1. The van der Waals surface area contributed by atoms with E-state index >= 15 is 0 Å². The fourth-order valence-corrected chi connectivity index (χ4v) is 2.25. The molecule has 1 aromatic heterocycles. The van der Waals surface area contributed by atoms with Gasteiger partial charge < -0.3 is 11.1 Å². The molecule has 0 unspecified atom stereocenters. The van der Waals surface area contributed by atoms with Gasteiger partial charge in [-0.05, 0) is 43.2 Å². The minimum Gasteiger partial charge on any atom is -0.389 e. The molecule has 0 spiro atoms. The van der Waals surface area contributed by atoms with Crippen molar-refractivity contribution in [2.45, 2.75) is 13.8 Å². The zero-order chi connectivity index (χ0) is 14.0. The van der Waals surface area contributed by atoms with Crippen LogP contribution in [0.1, 0.15) is 16.7 Å². The van der Waals surface area contributed by atoms with E-state index in [4.69, 9.17) is 29.6 Å². The van der Waals surface area contributed by atoms with Crippen LogP contribution < -0.4 is 11.1 Å². The van der Waals surface area contributed by atoms with Gasteiger partial charge >= 0.3 is 0 Å². The molecule has 3 nitrogen and oxygen atoms in total. The Morgan fingerprint density at radius 1 is 1.32 bits per heavy atom. The highest BCUT2D eigenvalue weighted by atomic mass is 35.5. The number of hydrogen-bond acceptors (Lipinski definition) is 3. The molecule has 98 valence electrons. The van der Waals surface area contributed by atoms with E-state index in [0.717, 1.165) is 22.4 Å². The zero-order valence-electron chi connectivity index (χ0n) is 10.7. The number of aryl methyl sites for hydroxylation is 2. The molecule has 2 rings (SSSR count). The molecule has 5 heteroatoms. The third-order valence-corrected chi connectivity index (χ3v) is 3.31. The molecule has 0 saturated carbocycles. The van der Waals surface area contributed by atoms with Crippen molar-refractivity contribution in [1.82, 2.24) is 4.98 Å². The largest absolute Gasteiger partial charge is 0.389 e. The van der Waals surface area contributed by atoms with Crippen molar-refractivity contribution in [3.63, 3.8) is 0 Å². The van der Waals surface area contributed by atoms with Crippen LogP contribution in [-0.4, -0.2) is 9.97 Å². The standard InChI is InChI=1S/C14H14ClN3S/c1-8-3-4-10(15)11(7-8)18-14-12(13(16)19)9(2)5-6-17-14/h3-7H,1-2H3,(H2,16,19)(H,17,18). The first-order valence-electron chi connectivity index (χ1n) is 5.77. The molecular formula is C14H14ClN3S. The van der Waals surface area contributed by atoms with Gasteiger partial charge in [-0.3, -0.25) is 0 Å². The molecule has 1 heterocycles. The minimum absolute atomic E-state index is 0.317. The van der Waals surface area contributed by atoms with Gasteiger partial charge in [-0.15, -0.1) is 0 Å². The summed E-state index contributed by atoms with van der Waals surface area (Å²) in [5.74, 6) is 0.625. The fraction of sp³-hybridized carbons (Fsp3) is 0.143. The summed E-state index contributed by atoms with van der Waals surface area (Å²) >= 11 is 11.2. The summed E-state index contributed by atoms with van der Waals surface area (Å²) in [6.07, 6.45) is 1.71. The number of hydrogen-bond donors (Lipinski definition) is 2. The summed E-state index contributed by atoms with van der Waals surface area (Å²) in [5.41, 5.74) is 9.38. The SMILES string of the molecule is Cc1ccc(Cl)c(Nc2nccc(C)c2C(N)=S)c1. The summed E-state index contributed by atoms with van der Waals surface area (Å²) in [5, 5.41) is 3.82. The molecule has 0 atom stereocenters. The Morgan fingerprint density at radius 3 is 2.74 bits per heavy atom. The number of pyridine rings is 1. The van der Waals surface area contributed by atoms with Crippen molar-refractivity contribution in [3.8, 4) is 0 Å². The number of thiocarbonyl (C=S) groups is 1. The first-order valence-corrected chi connectivity index (χ1v) is 6.56. The highest BCUT2D eigenvalue weighted by molar-refractivity contribution is 7.80. The van der Waals surface area contributed by atoms with Gasteiger partial charge in [0.25, 0.3) is 0 Å². The molecule has 0 aliphatic carbocycles. The second kappa shape index (κ2) is 5.55. The molecule has 0 aliphatic rings. The molecule has 19 heavy (non-hydrogen) atoms. The Morgan fingerprint density at radius 2 is 2.05 bits per heavy atom. The number of aromatic nitrogens is 1. The average molecular weight is 292 g/mol. The Labute approximate surface area is 122 Å². The summed E-state index contributed by atoms with van der Waals surface area (Å²) < 4.78 is 0. The van der Waals surface area contributed by atoms with Gasteiger partial charge in [-0.25, -0.2) is 4.98 Å². The van der Waals surface area contributed by atoms with Gasteiger partial charge in [0.1, 0.15) is 10.8 Å². The van der Waals surface area contributed by atoms with Crippen LogP contribution in [0.5, 0.6) is 0 Å². The quantitative estimate of drug-likeness (QED) is 0.846. The number of nitrogens with zero attached hydrogens (tertiary/aromatic N) is 1. The lowest BCUT2D eigenvalue weighted by molar-refractivity contribution is 1.26. The van der Waals surface area contributed by atoms with Crippen LogP contribution in [0.2, 0.25) is 5.02 Å². The normalized spacial score (nSPS) is 10.3. The van der Waals surface area contributed by atoms with Crippen LogP contribution in [0.3, 0.4) is 0 Å². The fourth-order valence-electron chi connectivity index (χ4n) is 1.83. The van der Waals surface area contributed by atoms with Gasteiger partial charge in [0, 0.05) is 6.20 Å². The number of nitrogens with two attached hydrogens (primary N) is 1. The van der Waals surface area contributed by atoms with Gasteiger partial charge in [-0.2, -0.15) is 0 Å². The van der Waals surface area contributed by atoms with Crippen LogP contribution in [-0.2, 0) is 0 Å². The predicted molar refractivity (Wildman–Crippen MR) is 84.3 cm³/mol. The molecule has 0 fully saturated rings. The maximum atomic E-state index is 6.16. The summed E-state index contributed by atoms with van der Waals surface area (Å²) in [7, 11) is 0. The second-order valence-corrected chi connectivity index (χ2v) is 5.17. The van der Waals surface area contributed by atoms with E-state index in [-0.39, 0.29) is 0 Å². The summed E-state index contributed by atoms with van der Waals surface area (Å²) in [4.78, 5) is 4.61. The van der Waals surface area contributed by atoms with Crippen molar-refractivity contribution in [2.75, 3.05) is 5.32 Å². The summed E-state index contributed by atoms with van der Waals surface area (Å²) in [6.45, 7) is 3.94. The Bertz CT molecular complexity index is 641. The molecule has 0 saturated heterocycles.